The van der Waals surface area contributed by atoms with Crippen LogP contribution in [0.1, 0.15) is 49.9 Å². The number of ether oxygens (including phenoxy) is 1. The van der Waals surface area contributed by atoms with Crippen molar-refractivity contribution in [2.24, 2.45) is 5.41 Å². The molecule has 0 atom stereocenters. The van der Waals surface area contributed by atoms with E-state index in [0.717, 1.165) is 18.6 Å². The van der Waals surface area contributed by atoms with E-state index in [1.807, 2.05) is 0 Å². The molecule has 0 radical (unpaired) electrons. The normalized spacial score (nSPS) is 19.1. The molecule has 0 bridgehead atoms. The molecule has 0 spiro atoms. The van der Waals surface area contributed by atoms with Gasteiger partial charge in [-0.25, -0.2) is 4.79 Å². The Morgan fingerprint density at radius 1 is 1.37 bits per heavy atom. The molecule has 1 aromatic rings. The molecule has 1 aliphatic carbocycles. The van der Waals surface area contributed by atoms with E-state index in [9.17, 15) is 4.79 Å². The topological polar surface area (TPSA) is 46.5 Å². The lowest BCUT2D eigenvalue weighted by Gasteiger charge is -2.34. The molecule has 104 valence electrons. The number of hydrogen-bond donors (Lipinski definition) is 1. The van der Waals surface area contributed by atoms with E-state index < -0.39 is 5.97 Å². The lowest BCUT2D eigenvalue weighted by atomic mass is 9.76. The monoisotopic (exact) mass is 326 g/mol. The summed E-state index contributed by atoms with van der Waals surface area (Å²) in [7, 11) is 0. The van der Waals surface area contributed by atoms with Gasteiger partial charge in [0.2, 0.25) is 0 Å². The van der Waals surface area contributed by atoms with E-state index in [4.69, 9.17) is 9.84 Å². The molecule has 0 aliphatic heterocycles. The third kappa shape index (κ3) is 3.72. The van der Waals surface area contributed by atoms with Crippen molar-refractivity contribution >= 4 is 21.9 Å². The van der Waals surface area contributed by atoms with Gasteiger partial charge in [0.1, 0.15) is 5.75 Å². The van der Waals surface area contributed by atoms with Gasteiger partial charge in [0, 0.05) is 0 Å². The number of hydrogen-bond acceptors (Lipinski definition) is 2. The fraction of sp³-hybridized carbons (Fsp3) is 0.533. The van der Waals surface area contributed by atoms with Gasteiger partial charge in [-0.05, 0) is 65.2 Å². The zero-order valence-corrected chi connectivity index (χ0v) is 12.9. The fourth-order valence-electron chi connectivity index (χ4n) is 2.40. The van der Waals surface area contributed by atoms with Crippen molar-refractivity contribution in [2.75, 3.05) is 0 Å². The van der Waals surface area contributed by atoms with Crippen molar-refractivity contribution < 1.29 is 14.6 Å². The van der Waals surface area contributed by atoms with Crippen LogP contribution in [-0.2, 0) is 0 Å². The Morgan fingerprint density at radius 3 is 2.53 bits per heavy atom. The molecule has 1 aromatic carbocycles. The second-order valence-electron chi connectivity index (χ2n) is 5.93. The second kappa shape index (κ2) is 5.53. The predicted molar refractivity (Wildman–Crippen MR) is 77.8 cm³/mol. The van der Waals surface area contributed by atoms with Crippen molar-refractivity contribution in [3.63, 3.8) is 0 Å². The molecule has 1 saturated carbocycles. The van der Waals surface area contributed by atoms with Crippen LogP contribution in [0.4, 0.5) is 0 Å². The summed E-state index contributed by atoms with van der Waals surface area (Å²) in [6, 6.07) is 4.90. The largest absolute Gasteiger partial charge is 0.489 e. The van der Waals surface area contributed by atoms with E-state index in [1.54, 1.807) is 18.2 Å². The van der Waals surface area contributed by atoms with Crippen LogP contribution >= 0.6 is 15.9 Å². The summed E-state index contributed by atoms with van der Waals surface area (Å²) in [5, 5.41) is 8.92. The van der Waals surface area contributed by atoms with Crippen LogP contribution < -0.4 is 4.74 Å². The van der Waals surface area contributed by atoms with Crippen molar-refractivity contribution in [1.29, 1.82) is 0 Å². The number of aromatic carboxylic acids is 1. The average Bonchev–Trinajstić information content (AvgIpc) is 2.34. The van der Waals surface area contributed by atoms with Gasteiger partial charge in [0.25, 0.3) is 0 Å². The molecular formula is C15H19BrO3. The van der Waals surface area contributed by atoms with Crippen LogP contribution in [0, 0.1) is 5.41 Å². The van der Waals surface area contributed by atoms with E-state index in [0.29, 0.717) is 9.89 Å². The number of benzene rings is 1. The Hall–Kier alpha value is -1.03. The van der Waals surface area contributed by atoms with Crippen LogP contribution in [0.3, 0.4) is 0 Å². The summed E-state index contributed by atoms with van der Waals surface area (Å²) < 4.78 is 6.68. The Bertz CT molecular complexity index is 472. The maximum atomic E-state index is 10.9. The summed E-state index contributed by atoms with van der Waals surface area (Å²) in [6.07, 6.45) is 4.69. The molecule has 19 heavy (non-hydrogen) atoms. The maximum Gasteiger partial charge on any atom is 0.335 e. The predicted octanol–water partition coefficient (Wildman–Crippen LogP) is 4.49. The van der Waals surface area contributed by atoms with Crippen LogP contribution in [0.2, 0.25) is 0 Å². The minimum absolute atomic E-state index is 0.236. The number of carboxylic acid groups (broad SMARTS) is 1. The lowest BCUT2D eigenvalue weighted by molar-refractivity contribution is 0.0696. The lowest BCUT2D eigenvalue weighted by Crippen LogP contribution is -2.28. The summed E-state index contributed by atoms with van der Waals surface area (Å²) in [4.78, 5) is 10.9. The van der Waals surface area contributed by atoms with Crippen LogP contribution in [0.15, 0.2) is 22.7 Å². The number of halogens is 1. The quantitative estimate of drug-likeness (QED) is 0.889. The van der Waals surface area contributed by atoms with Crippen LogP contribution in [-0.4, -0.2) is 17.2 Å². The molecule has 3 nitrogen and oxygen atoms in total. The first-order chi connectivity index (χ1) is 8.87. The van der Waals surface area contributed by atoms with Gasteiger partial charge in [0.15, 0.2) is 0 Å². The molecular weight excluding hydrogens is 308 g/mol. The molecule has 1 N–H and O–H groups in total. The molecule has 2 rings (SSSR count). The first-order valence-corrected chi connectivity index (χ1v) is 7.36. The highest BCUT2D eigenvalue weighted by molar-refractivity contribution is 9.10. The first kappa shape index (κ1) is 14.4. The van der Waals surface area contributed by atoms with Crippen molar-refractivity contribution in [3.8, 4) is 5.75 Å². The summed E-state index contributed by atoms with van der Waals surface area (Å²) in [6.45, 7) is 4.58. The molecule has 1 fully saturated rings. The Labute approximate surface area is 122 Å². The summed E-state index contributed by atoms with van der Waals surface area (Å²) in [5.41, 5.74) is 0.688. The minimum Gasteiger partial charge on any atom is -0.489 e. The SMILES string of the molecule is CC1(C)CCC(Oc2ccc(C(=O)O)cc2Br)CC1. The van der Waals surface area contributed by atoms with Crippen molar-refractivity contribution in [1.82, 2.24) is 0 Å². The first-order valence-electron chi connectivity index (χ1n) is 6.57. The van der Waals surface area contributed by atoms with Crippen LogP contribution in [0.5, 0.6) is 5.75 Å². The zero-order chi connectivity index (χ0) is 14.0. The molecule has 0 aromatic heterocycles. The van der Waals surface area contributed by atoms with E-state index in [2.05, 4.69) is 29.8 Å². The summed E-state index contributed by atoms with van der Waals surface area (Å²) >= 11 is 3.38. The van der Waals surface area contributed by atoms with Crippen LogP contribution in [0.25, 0.3) is 0 Å². The Morgan fingerprint density at radius 2 is 2.00 bits per heavy atom. The van der Waals surface area contributed by atoms with Gasteiger partial charge in [-0.3, -0.25) is 0 Å². The highest BCUT2D eigenvalue weighted by atomic mass is 79.9. The van der Waals surface area contributed by atoms with E-state index in [-0.39, 0.29) is 11.7 Å². The smallest absolute Gasteiger partial charge is 0.335 e. The Kier molecular flexibility index (Phi) is 4.19. The van der Waals surface area contributed by atoms with Gasteiger partial charge in [0.05, 0.1) is 16.1 Å². The van der Waals surface area contributed by atoms with Gasteiger partial charge >= 0.3 is 5.97 Å². The molecule has 0 unspecified atom stereocenters. The highest BCUT2D eigenvalue weighted by Crippen LogP contribution is 2.37. The highest BCUT2D eigenvalue weighted by Gasteiger charge is 2.28. The third-order valence-electron chi connectivity index (χ3n) is 3.76. The zero-order valence-electron chi connectivity index (χ0n) is 11.3. The second-order valence-corrected chi connectivity index (χ2v) is 6.79. The molecule has 0 saturated heterocycles. The van der Waals surface area contributed by atoms with Gasteiger partial charge in [-0.1, -0.05) is 13.8 Å². The Balaban J connectivity index is 2.02. The number of rotatable bonds is 3. The number of carbonyl (C=O) groups is 1. The standard InChI is InChI=1S/C15H19BrO3/c1-15(2)7-5-11(6-8-15)19-13-4-3-10(14(17)18)9-12(13)16/h3-4,9,11H,5-8H2,1-2H3,(H,17,18). The molecule has 4 heteroatoms. The van der Waals surface area contributed by atoms with Crippen molar-refractivity contribution in [3.05, 3.63) is 28.2 Å². The van der Waals surface area contributed by atoms with Gasteiger partial charge < -0.3 is 9.84 Å². The maximum absolute atomic E-state index is 10.9. The van der Waals surface area contributed by atoms with Gasteiger partial charge in [-0.15, -0.1) is 0 Å². The van der Waals surface area contributed by atoms with Gasteiger partial charge in [-0.2, -0.15) is 0 Å². The number of carboxylic acids is 1. The fourth-order valence-corrected chi connectivity index (χ4v) is 2.87. The molecule has 0 amide bonds. The van der Waals surface area contributed by atoms with Crippen molar-refractivity contribution in [2.45, 2.75) is 45.6 Å². The third-order valence-corrected chi connectivity index (χ3v) is 4.38. The average molecular weight is 327 g/mol. The van der Waals surface area contributed by atoms with E-state index in [1.165, 1.54) is 12.8 Å². The summed E-state index contributed by atoms with van der Waals surface area (Å²) in [5.74, 6) is -0.193. The molecule has 1 aliphatic rings. The molecule has 0 heterocycles. The van der Waals surface area contributed by atoms with E-state index >= 15 is 0 Å². The minimum atomic E-state index is -0.924.